The Morgan fingerprint density at radius 2 is 2.33 bits per heavy atom. The van der Waals surface area contributed by atoms with Crippen LogP contribution in [0.4, 0.5) is 5.82 Å². The van der Waals surface area contributed by atoms with Gasteiger partial charge in [0.25, 0.3) is 0 Å². The fraction of sp³-hybridized carbons (Fsp3) is 0.455. The van der Waals surface area contributed by atoms with E-state index in [9.17, 15) is 0 Å². The van der Waals surface area contributed by atoms with E-state index in [1.54, 1.807) is 0 Å². The van der Waals surface area contributed by atoms with Crippen LogP contribution in [-0.2, 0) is 4.74 Å². The lowest BCUT2D eigenvalue weighted by Crippen LogP contribution is -2.14. The van der Waals surface area contributed by atoms with Crippen LogP contribution in [-0.4, -0.2) is 32.4 Å². The SMILES string of the molecule is Nc1nc(Cl)nc2c1ccn2[C@H]1CC[C@@H](CO)O1. The van der Waals surface area contributed by atoms with Crippen molar-refractivity contribution in [1.29, 1.82) is 0 Å². The van der Waals surface area contributed by atoms with Crippen molar-refractivity contribution >= 4 is 28.5 Å². The maximum atomic E-state index is 9.08. The molecule has 7 heteroatoms. The molecule has 0 bridgehead atoms. The van der Waals surface area contributed by atoms with E-state index in [0.29, 0.717) is 11.5 Å². The third kappa shape index (κ3) is 1.82. The fourth-order valence-electron chi connectivity index (χ4n) is 2.29. The first-order chi connectivity index (χ1) is 8.69. The maximum absolute atomic E-state index is 9.08. The summed E-state index contributed by atoms with van der Waals surface area (Å²) in [4.78, 5) is 8.10. The predicted octanol–water partition coefficient (Wildman–Crippen LogP) is 1.34. The van der Waals surface area contributed by atoms with Crippen LogP contribution < -0.4 is 5.73 Å². The minimum atomic E-state index is -0.134. The normalized spacial score (nSPS) is 23.9. The molecule has 1 saturated heterocycles. The summed E-state index contributed by atoms with van der Waals surface area (Å²) in [7, 11) is 0. The second-order valence-electron chi connectivity index (χ2n) is 4.31. The third-order valence-corrected chi connectivity index (χ3v) is 3.34. The van der Waals surface area contributed by atoms with Crippen molar-refractivity contribution in [3.8, 4) is 0 Å². The number of hydrogen-bond acceptors (Lipinski definition) is 5. The Balaban J connectivity index is 2.03. The summed E-state index contributed by atoms with van der Waals surface area (Å²) >= 11 is 5.82. The monoisotopic (exact) mass is 268 g/mol. The molecule has 0 aromatic carbocycles. The highest BCUT2D eigenvalue weighted by molar-refractivity contribution is 6.28. The molecule has 96 valence electrons. The van der Waals surface area contributed by atoms with Gasteiger partial charge in [0.15, 0.2) is 0 Å². The molecule has 3 heterocycles. The number of ether oxygens (including phenoxy) is 1. The van der Waals surface area contributed by atoms with Crippen LogP contribution in [0.2, 0.25) is 5.28 Å². The van der Waals surface area contributed by atoms with E-state index in [-0.39, 0.29) is 24.2 Å². The van der Waals surface area contributed by atoms with E-state index in [1.807, 2.05) is 16.8 Å². The van der Waals surface area contributed by atoms with Crippen molar-refractivity contribution in [1.82, 2.24) is 14.5 Å². The highest BCUT2D eigenvalue weighted by Gasteiger charge is 2.27. The Kier molecular flexibility index (Phi) is 2.85. The van der Waals surface area contributed by atoms with Gasteiger partial charge in [-0.2, -0.15) is 4.98 Å². The molecule has 2 aromatic rings. The number of nitrogens with two attached hydrogens (primary N) is 1. The molecule has 3 rings (SSSR count). The Labute approximate surface area is 108 Å². The topological polar surface area (TPSA) is 86.2 Å². The Morgan fingerprint density at radius 1 is 1.50 bits per heavy atom. The van der Waals surface area contributed by atoms with Crippen molar-refractivity contribution in [2.45, 2.75) is 25.2 Å². The van der Waals surface area contributed by atoms with E-state index < -0.39 is 0 Å². The molecule has 0 aliphatic carbocycles. The molecule has 2 atom stereocenters. The molecule has 0 radical (unpaired) electrons. The molecule has 3 N–H and O–H groups in total. The van der Waals surface area contributed by atoms with Crippen molar-refractivity contribution in [2.75, 3.05) is 12.3 Å². The minimum absolute atomic E-state index is 0.0353. The molecular formula is C11H13ClN4O2. The Bertz CT molecular complexity index is 586. The smallest absolute Gasteiger partial charge is 0.226 e. The molecule has 0 saturated carbocycles. The zero-order valence-corrected chi connectivity index (χ0v) is 10.3. The van der Waals surface area contributed by atoms with Gasteiger partial charge in [-0.25, -0.2) is 4.98 Å². The molecule has 1 aliphatic heterocycles. The van der Waals surface area contributed by atoms with E-state index >= 15 is 0 Å². The number of fused-ring (bicyclic) bond motifs is 1. The number of aliphatic hydroxyl groups excluding tert-OH is 1. The van der Waals surface area contributed by atoms with Gasteiger partial charge in [-0.05, 0) is 30.5 Å². The Morgan fingerprint density at radius 3 is 3.06 bits per heavy atom. The van der Waals surface area contributed by atoms with Crippen LogP contribution >= 0.6 is 11.6 Å². The third-order valence-electron chi connectivity index (χ3n) is 3.17. The minimum Gasteiger partial charge on any atom is -0.394 e. The van der Waals surface area contributed by atoms with E-state index in [2.05, 4.69) is 9.97 Å². The van der Waals surface area contributed by atoms with E-state index in [0.717, 1.165) is 18.2 Å². The molecule has 0 amide bonds. The molecule has 0 unspecified atom stereocenters. The molecule has 18 heavy (non-hydrogen) atoms. The quantitative estimate of drug-likeness (QED) is 0.803. The summed E-state index contributed by atoms with van der Waals surface area (Å²) in [5.41, 5.74) is 6.46. The summed E-state index contributed by atoms with van der Waals surface area (Å²) < 4.78 is 7.60. The van der Waals surface area contributed by atoms with Gasteiger partial charge in [0.05, 0.1) is 18.1 Å². The standard InChI is InChI=1S/C11H13ClN4O2/c12-11-14-9(13)7-3-4-16(10(7)15-11)8-2-1-6(5-17)18-8/h3-4,6,8,17H,1-2,5H2,(H2,13,14,15)/t6-,8+/m0/s1. The van der Waals surface area contributed by atoms with E-state index in [1.165, 1.54) is 0 Å². The van der Waals surface area contributed by atoms with Crippen LogP contribution in [0.15, 0.2) is 12.3 Å². The molecule has 1 aliphatic rings. The number of nitrogens with zero attached hydrogens (tertiary/aromatic N) is 3. The number of aromatic nitrogens is 3. The lowest BCUT2D eigenvalue weighted by Gasteiger charge is -2.14. The molecule has 2 aromatic heterocycles. The first-order valence-electron chi connectivity index (χ1n) is 5.75. The van der Waals surface area contributed by atoms with Crippen molar-refractivity contribution in [3.05, 3.63) is 17.5 Å². The average molecular weight is 269 g/mol. The number of aliphatic hydroxyl groups is 1. The van der Waals surface area contributed by atoms with Crippen molar-refractivity contribution in [2.24, 2.45) is 0 Å². The number of rotatable bonds is 2. The van der Waals surface area contributed by atoms with Crippen LogP contribution in [0.1, 0.15) is 19.1 Å². The number of anilines is 1. The largest absolute Gasteiger partial charge is 0.394 e. The summed E-state index contributed by atoms with van der Waals surface area (Å²) in [5.74, 6) is 0.362. The van der Waals surface area contributed by atoms with Gasteiger partial charge in [0.2, 0.25) is 5.28 Å². The summed E-state index contributed by atoms with van der Waals surface area (Å²) in [6, 6.07) is 1.84. The Hall–Kier alpha value is -1.37. The van der Waals surface area contributed by atoms with Gasteiger partial charge in [0, 0.05) is 6.20 Å². The van der Waals surface area contributed by atoms with Crippen LogP contribution in [0.3, 0.4) is 0 Å². The molecule has 1 fully saturated rings. The number of hydrogen-bond donors (Lipinski definition) is 2. The maximum Gasteiger partial charge on any atom is 0.226 e. The number of nitrogen functional groups attached to an aromatic ring is 1. The molecule has 6 nitrogen and oxygen atoms in total. The van der Waals surface area contributed by atoms with Crippen LogP contribution in [0.5, 0.6) is 0 Å². The second kappa shape index (κ2) is 4.38. The zero-order valence-electron chi connectivity index (χ0n) is 9.58. The highest BCUT2D eigenvalue weighted by atomic mass is 35.5. The van der Waals surface area contributed by atoms with Gasteiger partial charge in [-0.1, -0.05) is 0 Å². The van der Waals surface area contributed by atoms with Crippen molar-refractivity contribution < 1.29 is 9.84 Å². The van der Waals surface area contributed by atoms with Gasteiger partial charge in [-0.15, -0.1) is 0 Å². The molecule has 0 spiro atoms. The van der Waals surface area contributed by atoms with Crippen molar-refractivity contribution in [3.63, 3.8) is 0 Å². The summed E-state index contributed by atoms with van der Waals surface area (Å²) in [5, 5.41) is 9.96. The van der Waals surface area contributed by atoms with Gasteiger partial charge >= 0.3 is 0 Å². The highest BCUT2D eigenvalue weighted by Crippen LogP contribution is 2.32. The number of halogens is 1. The van der Waals surface area contributed by atoms with Gasteiger partial charge in [0.1, 0.15) is 17.7 Å². The predicted molar refractivity (Wildman–Crippen MR) is 67.2 cm³/mol. The lowest BCUT2D eigenvalue weighted by atomic mass is 10.2. The van der Waals surface area contributed by atoms with Gasteiger partial charge in [-0.3, -0.25) is 0 Å². The van der Waals surface area contributed by atoms with Crippen LogP contribution in [0.25, 0.3) is 11.0 Å². The average Bonchev–Trinajstić information content (AvgIpc) is 2.93. The molecular weight excluding hydrogens is 256 g/mol. The summed E-state index contributed by atoms with van der Waals surface area (Å²) in [6.45, 7) is 0.0353. The first kappa shape index (κ1) is 11.7. The second-order valence-corrected chi connectivity index (χ2v) is 4.65. The van der Waals surface area contributed by atoms with Crippen LogP contribution in [0, 0.1) is 0 Å². The zero-order chi connectivity index (χ0) is 12.7. The van der Waals surface area contributed by atoms with E-state index in [4.69, 9.17) is 27.2 Å². The first-order valence-corrected chi connectivity index (χ1v) is 6.12. The fourth-order valence-corrected chi connectivity index (χ4v) is 2.46. The van der Waals surface area contributed by atoms with Gasteiger partial charge < -0.3 is 20.1 Å². The summed E-state index contributed by atoms with van der Waals surface area (Å²) in [6.07, 6.45) is 3.27. The lowest BCUT2D eigenvalue weighted by molar-refractivity contribution is -0.0204.